The number of hydrogen-bond acceptors (Lipinski definition) is 7. The highest BCUT2D eigenvalue weighted by atomic mass is 33.1. The predicted molar refractivity (Wildman–Crippen MR) is 146 cm³/mol. The Hall–Kier alpha value is -1.86. The van der Waals surface area contributed by atoms with Crippen LogP contribution in [0.2, 0.25) is 0 Å². The van der Waals surface area contributed by atoms with Gasteiger partial charge in [0.2, 0.25) is 5.91 Å². The van der Waals surface area contributed by atoms with Crippen LogP contribution >= 0.6 is 21.6 Å². The summed E-state index contributed by atoms with van der Waals surface area (Å²) in [5, 5.41) is 5.64. The highest BCUT2D eigenvalue weighted by Crippen LogP contribution is 2.35. The quantitative estimate of drug-likeness (QED) is 0.144. The number of amides is 2. The molecule has 0 spiro atoms. The van der Waals surface area contributed by atoms with Gasteiger partial charge in [-0.2, -0.15) is 0 Å². The van der Waals surface area contributed by atoms with E-state index in [4.69, 9.17) is 14.2 Å². The molecule has 35 heavy (non-hydrogen) atoms. The van der Waals surface area contributed by atoms with Crippen LogP contribution in [-0.2, 0) is 14.3 Å². The van der Waals surface area contributed by atoms with E-state index in [9.17, 15) is 9.59 Å². The van der Waals surface area contributed by atoms with Gasteiger partial charge in [0, 0.05) is 18.0 Å². The normalized spacial score (nSPS) is 12.6. The minimum Gasteiger partial charge on any atom is -0.490 e. The Morgan fingerprint density at radius 1 is 1.14 bits per heavy atom. The van der Waals surface area contributed by atoms with Gasteiger partial charge in [-0.15, -0.1) is 0 Å². The summed E-state index contributed by atoms with van der Waals surface area (Å²) in [6.07, 6.45) is 2.91. The van der Waals surface area contributed by atoms with E-state index in [1.807, 2.05) is 33.1 Å². The molecule has 0 aliphatic carbocycles. The Morgan fingerprint density at radius 2 is 1.91 bits per heavy atom. The van der Waals surface area contributed by atoms with Crippen LogP contribution in [0.4, 0.5) is 0 Å². The van der Waals surface area contributed by atoms with Crippen molar-refractivity contribution in [1.29, 1.82) is 0 Å². The Kier molecular flexibility index (Phi) is 15.6. The summed E-state index contributed by atoms with van der Waals surface area (Å²) in [5.41, 5.74) is 0.563. The Labute approximate surface area is 218 Å². The van der Waals surface area contributed by atoms with Crippen molar-refractivity contribution < 1.29 is 23.8 Å². The molecule has 0 aromatic heterocycles. The molecule has 0 aliphatic rings. The van der Waals surface area contributed by atoms with Crippen LogP contribution in [0.15, 0.2) is 24.3 Å². The van der Waals surface area contributed by atoms with E-state index in [-0.39, 0.29) is 37.6 Å². The van der Waals surface area contributed by atoms with Crippen LogP contribution < -0.4 is 15.4 Å². The second-order valence-corrected chi connectivity index (χ2v) is 11.7. The molecule has 0 heterocycles. The first-order valence-corrected chi connectivity index (χ1v) is 14.4. The second kappa shape index (κ2) is 17.6. The van der Waals surface area contributed by atoms with Crippen LogP contribution in [0.5, 0.6) is 5.75 Å². The summed E-state index contributed by atoms with van der Waals surface area (Å²) in [6, 6.07) is 7.14. The molecule has 0 bridgehead atoms. The van der Waals surface area contributed by atoms with Crippen LogP contribution in [0.25, 0.3) is 0 Å². The third kappa shape index (κ3) is 15.0. The van der Waals surface area contributed by atoms with Crippen molar-refractivity contribution in [2.75, 3.05) is 45.8 Å². The largest absolute Gasteiger partial charge is 0.490 e. The number of carbonyl (C=O) groups is 2. The standard InChI is InChI=1S/C26H40N2O5S2/c1-20(2)9-8-13-27-24(29)18-31-15-16-33-26(5,35-34-6)19-32-23-11-7-10-22(17-23)25(30)28-14-12-21(3)4/h7,10-11,17,20-21H,12-16,18-19H2,1-6H3,(H,27,29)(H,28,30). The molecule has 196 valence electrons. The van der Waals surface area contributed by atoms with Gasteiger partial charge in [0.1, 0.15) is 19.0 Å². The first-order valence-electron chi connectivity index (χ1n) is 11.8. The van der Waals surface area contributed by atoms with Gasteiger partial charge in [-0.3, -0.25) is 9.59 Å². The van der Waals surface area contributed by atoms with E-state index < -0.39 is 4.93 Å². The van der Waals surface area contributed by atoms with Crippen molar-refractivity contribution >= 4 is 33.4 Å². The summed E-state index contributed by atoms with van der Waals surface area (Å²) in [4.78, 5) is 23.5. The van der Waals surface area contributed by atoms with Gasteiger partial charge < -0.3 is 24.8 Å². The van der Waals surface area contributed by atoms with E-state index in [1.54, 1.807) is 39.8 Å². The highest BCUT2D eigenvalue weighted by molar-refractivity contribution is 8.76. The zero-order valence-electron chi connectivity index (χ0n) is 21.8. The van der Waals surface area contributed by atoms with Gasteiger partial charge in [0.15, 0.2) is 4.93 Å². The Bertz CT molecular complexity index is 839. The molecule has 7 nitrogen and oxygen atoms in total. The van der Waals surface area contributed by atoms with Crippen molar-refractivity contribution in [1.82, 2.24) is 10.6 Å². The van der Waals surface area contributed by atoms with Crippen molar-refractivity contribution in [3.05, 3.63) is 29.8 Å². The van der Waals surface area contributed by atoms with Crippen LogP contribution in [-0.4, -0.2) is 62.5 Å². The molecule has 2 amide bonds. The summed E-state index contributed by atoms with van der Waals surface area (Å²) in [6.45, 7) is 12.0. The smallest absolute Gasteiger partial charge is 0.251 e. The highest BCUT2D eigenvalue weighted by Gasteiger charge is 2.27. The minimum atomic E-state index is -0.632. The molecule has 9 heteroatoms. The molecule has 0 fully saturated rings. The SMILES string of the molecule is CSSC(C)(COc1cccc(C(=O)NCCC(C)C)c1)OCCOCC(=O)NCC#CC(C)C. The zero-order chi connectivity index (χ0) is 26.1. The van der Waals surface area contributed by atoms with E-state index in [0.29, 0.717) is 36.9 Å². The fourth-order valence-electron chi connectivity index (χ4n) is 2.71. The molecule has 1 rings (SSSR count). The second-order valence-electron chi connectivity index (χ2n) is 8.79. The number of rotatable bonds is 16. The summed E-state index contributed by atoms with van der Waals surface area (Å²) < 4.78 is 17.4. The Morgan fingerprint density at radius 3 is 2.60 bits per heavy atom. The first-order chi connectivity index (χ1) is 16.6. The summed E-state index contributed by atoms with van der Waals surface area (Å²) >= 11 is 0. The number of nitrogens with one attached hydrogen (secondary N) is 2. The van der Waals surface area contributed by atoms with Gasteiger partial charge >= 0.3 is 0 Å². The minimum absolute atomic E-state index is 0.0401. The maximum Gasteiger partial charge on any atom is 0.251 e. The van der Waals surface area contributed by atoms with Crippen LogP contribution in [0.3, 0.4) is 0 Å². The summed E-state index contributed by atoms with van der Waals surface area (Å²) in [5.74, 6) is 6.99. The molecular weight excluding hydrogens is 484 g/mol. The van der Waals surface area contributed by atoms with Crippen molar-refractivity contribution in [2.45, 2.75) is 46.0 Å². The number of benzene rings is 1. The molecule has 0 saturated carbocycles. The predicted octanol–water partition coefficient (Wildman–Crippen LogP) is 4.38. The number of ether oxygens (including phenoxy) is 3. The van der Waals surface area contributed by atoms with Gasteiger partial charge in [-0.25, -0.2) is 0 Å². The topological polar surface area (TPSA) is 85.9 Å². The van der Waals surface area contributed by atoms with Gasteiger partial charge in [0.05, 0.1) is 19.8 Å². The average molecular weight is 525 g/mol. The van der Waals surface area contributed by atoms with Crippen LogP contribution in [0.1, 0.15) is 51.4 Å². The molecule has 1 aromatic rings. The van der Waals surface area contributed by atoms with E-state index in [2.05, 4.69) is 36.3 Å². The number of hydrogen-bond donors (Lipinski definition) is 2. The fraction of sp³-hybridized carbons (Fsp3) is 0.615. The molecule has 2 N–H and O–H groups in total. The van der Waals surface area contributed by atoms with E-state index >= 15 is 0 Å². The van der Waals surface area contributed by atoms with E-state index in [0.717, 1.165) is 6.42 Å². The molecule has 0 saturated heterocycles. The molecular formula is C26H40N2O5S2. The van der Waals surface area contributed by atoms with Gasteiger partial charge in [-0.05, 0) is 43.7 Å². The van der Waals surface area contributed by atoms with Crippen molar-refractivity contribution in [3.8, 4) is 17.6 Å². The first kappa shape index (κ1) is 31.2. The molecule has 1 unspecified atom stereocenters. The molecule has 0 radical (unpaired) electrons. The molecule has 0 aliphatic heterocycles. The van der Waals surface area contributed by atoms with Gasteiger partial charge in [-0.1, -0.05) is 67.2 Å². The average Bonchev–Trinajstić information content (AvgIpc) is 2.80. The number of carbonyl (C=O) groups excluding carboxylic acids is 2. The van der Waals surface area contributed by atoms with Gasteiger partial charge in [0.25, 0.3) is 5.91 Å². The lowest BCUT2D eigenvalue weighted by Crippen LogP contribution is -2.33. The third-order valence-electron chi connectivity index (χ3n) is 4.50. The monoisotopic (exact) mass is 524 g/mol. The van der Waals surface area contributed by atoms with E-state index in [1.165, 1.54) is 0 Å². The molecule has 1 atom stereocenters. The third-order valence-corrected chi connectivity index (χ3v) is 6.81. The lowest BCUT2D eigenvalue weighted by Gasteiger charge is -2.28. The maximum atomic E-state index is 12.4. The lowest BCUT2D eigenvalue weighted by molar-refractivity contribution is -0.126. The summed E-state index contributed by atoms with van der Waals surface area (Å²) in [7, 11) is 3.12. The van der Waals surface area contributed by atoms with Crippen LogP contribution in [0, 0.1) is 23.7 Å². The Balaban J connectivity index is 2.44. The lowest BCUT2D eigenvalue weighted by atomic mass is 10.1. The zero-order valence-corrected chi connectivity index (χ0v) is 23.4. The fourth-order valence-corrected chi connectivity index (χ4v) is 4.65. The van der Waals surface area contributed by atoms with Crippen molar-refractivity contribution in [2.24, 2.45) is 11.8 Å². The van der Waals surface area contributed by atoms with Crippen molar-refractivity contribution in [3.63, 3.8) is 0 Å². The maximum absolute atomic E-state index is 12.4. The molecule has 1 aromatic carbocycles.